The largest absolute Gasteiger partial charge is 0.481 e. The average Bonchev–Trinajstić information content (AvgIpc) is 3.20. The van der Waals surface area contributed by atoms with Gasteiger partial charge in [0.25, 0.3) is 0 Å². The number of ether oxygens (including phenoxy) is 1. The average molecular weight is 313 g/mol. The van der Waals surface area contributed by atoms with Crippen molar-refractivity contribution in [3.63, 3.8) is 0 Å². The van der Waals surface area contributed by atoms with Crippen LogP contribution < -0.4 is 5.32 Å². The Bertz CT molecular complexity index is 385. The van der Waals surface area contributed by atoms with Crippen molar-refractivity contribution >= 4 is 12.1 Å². The molecule has 1 rings (SSSR count). The zero-order valence-electron chi connectivity index (χ0n) is 14.4. The van der Waals surface area contributed by atoms with E-state index in [1.54, 1.807) is 20.8 Å². The van der Waals surface area contributed by atoms with Crippen LogP contribution in [0.25, 0.3) is 0 Å². The number of hydrogen-bond donors (Lipinski definition) is 2. The molecule has 5 nitrogen and oxygen atoms in total. The second-order valence-electron chi connectivity index (χ2n) is 7.40. The number of aliphatic carboxylic acids is 1. The Balaban J connectivity index is 2.62. The zero-order valence-corrected chi connectivity index (χ0v) is 14.4. The summed E-state index contributed by atoms with van der Waals surface area (Å²) in [5, 5.41) is 12.4. The van der Waals surface area contributed by atoms with Crippen LogP contribution >= 0.6 is 0 Å². The molecule has 2 N–H and O–H groups in total. The number of carbonyl (C=O) groups excluding carboxylic acids is 1. The second-order valence-corrected chi connectivity index (χ2v) is 7.40. The van der Waals surface area contributed by atoms with Gasteiger partial charge >= 0.3 is 12.1 Å². The van der Waals surface area contributed by atoms with E-state index in [0.29, 0.717) is 6.42 Å². The molecule has 128 valence electrons. The fourth-order valence-corrected chi connectivity index (χ4v) is 2.84. The summed E-state index contributed by atoms with van der Waals surface area (Å²) in [4.78, 5) is 23.7. The molecule has 1 fully saturated rings. The highest BCUT2D eigenvalue weighted by Gasteiger charge is 2.50. The Labute approximate surface area is 133 Å². The first kappa shape index (κ1) is 18.8. The van der Waals surface area contributed by atoms with Gasteiger partial charge in [0.15, 0.2) is 0 Å². The number of carboxylic acids is 1. The Hall–Kier alpha value is -1.26. The number of rotatable bonds is 9. The van der Waals surface area contributed by atoms with Crippen LogP contribution in [0.5, 0.6) is 0 Å². The highest BCUT2D eigenvalue weighted by Crippen LogP contribution is 2.48. The summed E-state index contributed by atoms with van der Waals surface area (Å²) in [6.45, 7) is 7.68. The lowest BCUT2D eigenvalue weighted by Crippen LogP contribution is -2.46. The highest BCUT2D eigenvalue weighted by molar-refractivity contribution is 5.77. The van der Waals surface area contributed by atoms with E-state index in [4.69, 9.17) is 4.74 Å². The maximum Gasteiger partial charge on any atom is 0.407 e. The second kappa shape index (κ2) is 7.84. The number of carboxylic acid groups (broad SMARTS) is 1. The maximum absolute atomic E-state index is 11.9. The van der Waals surface area contributed by atoms with Gasteiger partial charge in [0.05, 0.1) is 5.41 Å². The molecule has 0 bridgehead atoms. The Morgan fingerprint density at radius 1 is 1.18 bits per heavy atom. The molecular formula is C17H31NO4. The first-order valence-corrected chi connectivity index (χ1v) is 8.41. The Morgan fingerprint density at radius 2 is 1.82 bits per heavy atom. The normalized spacial score (nSPS) is 17.6. The summed E-state index contributed by atoms with van der Waals surface area (Å²) < 4.78 is 5.21. The summed E-state index contributed by atoms with van der Waals surface area (Å²) in [6.07, 6.45) is 6.17. The number of carbonyl (C=O) groups is 2. The van der Waals surface area contributed by atoms with Crippen molar-refractivity contribution in [3.05, 3.63) is 0 Å². The minimum atomic E-state index is -0.829. The SMILES string of the molecule is CCCCCCC(CNC(=O)OC(C)(C)C)(C(=O)O)C1CC1. The molecule has 1 aliphatic carbocycles. The van der Waals surface area contributed by atoms with Gasteiger partial charge in [0.2, 0.25) is 0 Å². The van der Waals surface area contributed by atoms with Crippen molar-refractivity contribution in [2.45, 2.75) is 78.2 Å². The minimum absolute atomic E-state index is 0.161. The van der Waals surface area contributed by atoms with E-state index < -0.39 is 23.1 Å². The van der Waals surface area contributed by atoms with Crippen LogP contribution in [0.1, 0.15) is 72.6 Å². The fraction of sp³-hybridized carbons (Fsp3) is 0.882. The molecule has 0 saturated heterocycles. The van der Waals surface area contributed by atoms with Gasteiger partial charge in [-0.15, -0.1) is 0 Å². The molecule has 1 saturated carbocycles. The van der Waals surface area contributed by atoms with Gasteiger partial charge in [0.1, 0.15) is 5.60 Å². The minimum Gasteiger partial charge on any atom is -0.481 e. The Morgan fingerprint density at radius 3 is 2.27 bits per heavy atom. The number of alkyl carbamates (subject to hydrolysis) is 1. The topological polar surface area (TPSA) is 75.6 Å². The lowest BCUT2D eigenvalue weighted by atomic mass is 9.77. The monoisotopic (exact) mass is 313 g/mol. The molecule has 0 aromatic carbocycles. The van der Waals surface area contributed by atoms with Crippen LogP contribution in [-0.4, -0.2) is 29.3 Å². The molecule has 1 unspecified atom stereocenters. The number of amides is 1. The summed E-state index contributed by atoms with van der Waals surface area (Å²) in [7, 11) is 0. The third-order valence-electron chi connectivity index (χ3n) is 4.21. The lowest BCUT2D eigenvalue weighted by molar-refractivity contribution is -0.150. The molecule has 0 aliphatic heterocycles. The molecule has 0 radical (unpaired) electrons. The van der Waals surface area contributed by atoms with E-state index in [2.05, 4.69) is 12.2 Å². The van der Waals surface area contributed by atoms with Crippen LogP contribution in [0, 0.1) is 11.3 Å². The molecular weight excluding hydrogens is 282 g/mol. The maximum atomic E-state index is 11.9. The third-order valence-corrected chi connectivity index (χ3v) is 4.21. The van der Waals surface area contributed by atoms with Gasteiger partial charge in [-0.05, 0) is 46.0 Å². The van der Waals surface area contributed by atoms with E-state index in [1.807, 2.05) is 0 Å². The Kier molecular flexibility index (Phi) is 6.69. The van der Waals surface area contributed by atoms with Crippen LogP contribution in [0.2, 0.25) is 0 Å². The quantitative estimate of drug-likeness (QED) is 0.632. The van der Waals surface area contributed by atoms with Gasteiger partial charge in [0, 0.05) is 6.54 Å². The standard InChI is InChI=1S/C17H31NO4/c1-5-6-7-8-11-17(14(19)20,13-9-10-13)12-18-15(21)22-16(2,3)4/h13H,5-12H2,1-4H3,(H,18,21)(H,19,20). The summed E-state index contributed by atoms with van der Waals surface area (Å²) in [5.41, 5.74) is -1.40. The van der Waals surface area contributed by atoms with Crippen molar-refractivity contribution in [2.24, 2.45) is 11.3 Å². The summed E-state index contributed by atoms with van der Waals surface area (Å²) in [6, 6.07) is 0. The van der Waals surface area contributed by atoms with Gasteiger partial charge in [-0.2, -0.15) is 0 Å². The van der Waals surface area contributed by atoms with E-state index >= 15 is 0 Å². The number of hydrogen-bond acceptors (Lipinski definition) is 3. The molecule has 0 spiro atoms. The van der Waals surface area contributed by atoms with Crippen molar-refractivity contribution in [2.75, 3.05) is 6.54 Å². The molecule has 0 aromatic heterocycles. The molecule has 1 atom stereocenters. The van der Waals surface area contributed by atoms with Crippen LogP contribution in [0.3, 0.4) is 0 Å². The fourth-order valence-electron chi connectivity index (χ4n) is 2.84. The number of unbranched alkanes of at least 4 members (excludes halogenated alkanes) is 3. The summed E-state index contributed by atoms with van der Waals surface area (Å²) >= 11 is 0. The van der Waals surface area contributed by atoms with E-state index in [-0.39, 0.29) is 12.5 Å². The predicted octanol–water partition coefficient (Wildman–Crippen LogP) is 3.96. The molecule has 1 aliphatic rings. The van der Waals surface area contributed by atoms with Gasteiger partial charge < -0.3 is 15.2 Å². The van der Waals surface area contributed by atoms with E-state index in [1.165, 1.54) is 0 Å². The first-order valence-electron chi connectivity index (χ1n) is 8.41. The molecule has 5 heteroatoms. The molecule has 0 heterocycles. The van der Waals surface area contributed by atoms with Gasteiger partial charge in [-0.1, -0.05) is 32.6 Å². The number of nitrogens with one attached hydrogen (secondary N) is 1. The highest BCUT2D eigenvalue weighted by atomic mass is 16.6. The van der Waals surface area contributed by atoms with Crippen LogP contribution in [0.15, 0.2) is 0 Å². The van der Waals surface area contributed by atoms with Crippen LogP contribution in [0.4, 0.5) is 4.79 Å². The van der Waals surface area contributed by atoms with E-state index in [0.717, 1.165) is 38.5 Å². The van der Waals surface area contributed by atoms with Crippen molar-refractivity contribution in [1.29, 1.82) is 0 Å². The smallest absolute Gasteiger partial charge is 0.407 e. The van der Waals surface area contributed by atoms with Crippen LogP contribution in [-0.2, 0) is 9.53 Å². The van der Waals surface area contributed by atoms with Crippen molar-refractivity contribution in [1.82, 2.24) is 5.32 Å². The van der Waals surface area contributed by atoms with Gasteiger partial charge in [-0.3, -0.25) is 4.79 Å². The predicted molar refractivity (Wildman–Crippen MR) is 85.8 cm³/mol. The third kappa shape index (κ3) is 5.85. The lowest BCUT2D eigenvalue weighted by Gasteiger charge is -2.30. The summed E-state index contributed by atoms with van der Waals surface area (Å²) in [5.74, 6) is -0.607. The van der Waals surface area contributed by atoms with Crippen molar-refractivity contribution < 1.29 is 19.4 Å². The van der Waals surface area contributed by atoms with Gasteiger partial charge in [-0.25, -0.2) is 4.79 Å². The van der Waals surface area contributed by atoms with Crippen molar-refractivity contribution in [3.8, 4) is 0 Å². The molecule has 0 aromatic rings. The van der Waals surface area contributed by atoms with E-state index in [9.17, 15) is 14.7 Å². The molecule has 22 heavy (non-hydrogen) atoms. The zero-order chi connectivity index (χ0) is 16.8. The first-order chi connectivity index (χ1) is 10.2. The molecule has 1 amide bonds.